The third-order valence-electron chi connectivity index (χ3n) is 3.78. The maximum atomic E-state index is 12.6. The summed E-state index contributed by atoms with van der Waals surface area (Å²) in [5.74, 6) is -0.524. The maximum absolute atomic E-state index is 12.6. The first kappa shape index (κ1) is 17.7. The molecule has 1 N–H and O–H groups in total. The fraction of sp³-hybridized carbons (Fsp3) is 0.167. The first-order valence-corrected chi connectivity index (χ1v) is 7.88. The van der Waals surface area contributed by atoms with E-state index in [0.717, 1.165) is 17.8 Å². The highest BCUT2D eigenvalue weighted by atomic mass is 19.4. The van der Waals surface area contributed by atoms with Crippen molar-refractivity contribution in [1.29, 1.82) is 0 Å². The minimum absolute atomic E-state index is 0.135. The minimum Gasteiger partial charge on any atom is -0.321 e. The van der Waals surface area contributed by atoms with Gasteiger partial charge in [-0.3, -0.25) is 4.79 Å². The lowest BCUT2D eigenvalue weighted by atomic mass is 10.2. The van der Waals surface area contributed by atoms with Gasteiger partial charge in [-0.2, -0.15) is 13.2 Å². The largest absolute Gasteiger partial charge is 0.416 e. The van der Waals surface area contributed by atoms with Gasteiger partial charge in [0, 0.05) is 5.69 Å². The van der Waals surface area contributed by atoms with Crippen molar-refractivity contribution in [1.82, 2.24) is 15.0 Å². The van der Waals surface area contributed by atoms with Gasteiger partial charge in [-0.25, -0.2) is 4.68 Å². The van der Waals surface area contributed by atoms with Gasteiger partial charge in [-0.15, -0.1) is 5.10 Å². The predicted molar refractivity (Wildman–Crippen MR) is 90.1 cm³/mol. The summed E-state index contributed by atoms with van der Waals surface area (Å²) in [5.41, 5.74) is 0.987. The number of rotatable bonds is 4. The molecule has 3 aromatic rings. The Balaban J connectivity index is 1.83. The summed E-state index contributed by atoms with van der Waals surface area (Å²) >= 11 is 0. The number of nitrogens with one attached hydrogen (secondary N) is 1. The van der Waals surface area contributed by atoms with E-state index in [-0.39, 0.29) is 11.4 Å². The molecule has 26 heavy (non-hydrogen) atoms. The smallest absolute Gasteiger partial charge is 0.321 e. The van der Waals surface area contributed by atoms with Gasteiger partial charge in [0.05, 0.1) is 16.9 Å². The van der Waals surface area contributed by atoms with Gasteiger partial charge in [0.15, 0.2) is 5.69 Å². The molecule has 1 amide bonds. The first-order chi connectivity index (χ1) is 12.4. The monoisotopic (exact) mass is 360 g/mol. The van der Waals surface area contributed by atoms with Crippen LogP contribution in [0.3, 0.4) is 0 Å². The molecule has 0 aliphatic heterocycles. The van der Waals surface area contributed by atoms with Crippen LogP contribution in [0, 0.1) is 0 Å². The molecule has 0 spiro atoms. The van der Waals surface area contributed by atoms with Crippen molar-refractivity contribution in [3.63, 3.8) is 0 Å². The van der Waals surface area contributed by atoms with Gasteiger partial charge in [0.2, 0.25) is 0 Å². The third-order valence-corrected chi connectivity index (χ3v) is 3.78. The first-order valence-electron chi connectivity index (χ1n) is 7.88. The van der Waals surface area contributed by atoms with E-state index in [2.05, 4.69) is 15.6 Å². The molecular weight excluding hydrogens is 345 g/mol. The SMILES string of the molecule is CCc1c(C(=O)Nc2ccc(C(F)(F)F)cc2)nnn1-c1ccccc1. The summed E-state index contributed by atoms with van der Waals surface area (Å²) in [6.45, 7) is 1.87. The highest BCUT2D eigenvalue weighted by molar-refractivity contribution is 6.03. The van der Waals surface area contributed by atoms with Crippen molar-refractivity contribution in [2.75, 3.05) is 5.32 Å². The second kappa shape index (κ2) is 6.99. The summed E-state index contributed by atoms with van der Waals surface area (Å²) in [7, 11) is 0. The number of benzene rings is 2. The summed E-state index contributed by atoms with van der Waals surface area (Å²) in [4.78, 5) is 12.5. The molecule has 0 saturated heterocycles. The molecule has 0 saturated carbocycles. The van der Waals surface area contributed by atoms with Crippen LogP contribution in [0.1, 0.15) is 28.7 Å². The molecule has 1 heterocycles. The standard InChI is InChI=1S/C18H15F3N4O/c1-2-15-16(23-24-25(15)14-6-4-3-5-7-14)17(26)22-13-10-8-12(9-11-13)18(19,20)21/h3-11H,2H2,1H3,(H,22,26). The van der Waals surface area contributed by atoms with Crippen LogP contribution in [0.2, 0.25) is 0 Å². The third kappa shape index (κ3) is 3.58. The molecule has 0 atom stereocenters. The fourth-order valence-corrected chi connectivity index (χ4v) is 2.50. The van der Waals surface area contributed by atoms with E-state index >= 15 is 0 Å². The number of hydrogen-bond donors (Lipinski definition) is 1. The van der Waals surface area contributed by atoms with Gasteiger partial charge in [0.25, 0.3) is 5.91 Å². The van der Waals surface area contributed by atoms with E-state index in [1.54, 1.807) is 4.68 Å². The summed E-state index contributed by atoms with van der Waals surface area (Å²) < 4.78 is 39.4. The van der Waals surface area contributed by atoms with Gasteiger partial charge in [-0.1, -0.05) is 30.3 Å². The van der Waals surface area contributed by atoms with Crippen LogP contribution in [0.4, 0.5) is 18.9 Å². The van der Waals surface area contributed by atoms with Gasteiger partial charge in [-0.05, 0) is 42.8 Å². The predicted octanol–water partition coefficient (Wildman–Crippen LogP) is 4.10. The lowest BCUT2D eigenvalue weighted by Gasteiger charge is -2.09. The van der Waals surface area contributed by atoms with Gasteiger partial charge >= 0.3 is 6.18 Å². The maximum Gasteiger partial charge on any atom is 0.416 e. The zero-order chi connectivity index (χ0) is 18.7. The minimum atomic E-state index is -4.42. The van der Waals surface area contributed by atoms with Crippen LogP contribution < -0.4 is 5.32 Å². The molecule has 134 valence electrons. The lowest BCUT2D eigenvalue weighted by molar-refractivity contribution is -0.137. The second-order valence-corrected chi connectivity index (χ2v) is 5.51. The van der Waals surface area contributed by atoms with E-state index in [1.807, 2.05) is 37.3 Å². The second-order valence-electron chi connectivity index (χ2n) is 5.51. The molecule has 0 unspecified atom stereocenters. The van der Waals surface area contributed by atoms with Gasteiger partial charge < -0.3 is 5.32 Å². The Kier molecular flexibility index (Phi) is 4.75. The Morgan fingerprint density at radius 2 is 1.73 bits per heavy atom. The number of carbonyl (C=O) groups is 1. The van der Waals surface area contributed by atoms with E-state index in [1.165, 1.54) is 12.1 Å². The Morgan fingerprint density at radius 3 is 2.31 bits per heavy atom. The highest BCUT2D eigenvalue weighted by Crippen LogP contribution is 2.29. The van der Waals surface area contributed by atoms with Crippen LogP contribution in [-0.4, -0.2) is 20.9 Å². The van der Waals surface area contributed by atoms with E-state index in [9.17, 15) is 18.0 Å². The molecule has 5 nitrogen and oxygen atoms in total. The van der Waals surface area contributed by atoms with E-state index < -0.39 is 17.6 Å². The molecule has 0 aliphatic rings. The Bertz CT molecular complexity index is 902. The van der Waals surface area contributed by atoms with Crippen molar-refractivity contribution < 1.29 is 18.0 Å². The molecule has 0 fully saturated rings. The van der Waals surface area contributed by atoms with Crippen LogP contribution in [0.25, 0.3) is 5.69 Å². The van der Waals surface area contributed by atoms with Crippen molar-refractivity contribution in [3.8, 4) is 5.69 Å². The Morgan fingerprint density at radius 1 is 1.08 bits per heavy atom. The lowest BCUT2D eigenvalue weighted by Crippen LogP contribution is -2.15. The van der Waals surface area contributed by atoms with Crippen LogP contribution in [0.15, 0.2) is 54.6 Å². The van der Waals surface area contributed by atoms with Crippen molar-refractivity contribution in [2.24, 2.45) is 0 Å². The quantitative estimate of drug-likeness (QED) is 0.762. The van der Waals surface area contributed by atoms with E-state index in [4.69, 9.17) is 0 Å². The molecule has 0 radical (unpaired) electrons. The van der Waals surface area contributed by atoms with E-state index in [0.29, 0.717) is 12.1 Å². The number of anilines is 1. The van der Waals surface area contributed by atoms with Crippen molar-refractivity contribution >= 4 is 11.6 Å². The number of hydrogen-bond acceptors (Lipinski definition) is 3. The molecule has 2 aromatic carbocycles. The summed E-state index contributed by atoms with van der Waals surface area (Å²) in [6.07, 6.45) is -3.91. The van der Waals surface area contributed by atoms with Gasteiger partial charge in [0.1, 0.15) is 0 Å². The highest BCUT2D eigenvalue weighted by Gasteiger charge is 2.30. The summed E-state index contributed by atoms with van der Waals surface area (Å²) in [5, 5.41) is 10.5. The number of halogens is 3. The summed E-state index contributed by atoms with van der Waals surface area (Å²) in [6, 6.07) is 13.5. The number of para-hydroxylation sites is 1. The number of amides is 1. The normalized spacial score (nSPS) is 11.4. The number of aromatic nitrogens is 3. The average Bonchev–Trinajstić information content (AvgIpc) is 3.06. The molecular formula is C18H15F3N4O. The zero-order valence-electron chi connectivity index (χ0n) is 13.8. The Hall–Kier alpha value is -3.16. The molecule has 8 heteroatoms. The molecule has 3 rings (SSSR count). The topological polar surface area (TPSA) is 59.8 Å². The number of nitrogens with zero attached hydrogens (tertiary/aromatic N) is 3. The average molecular weight is 360 g/mol. The van der Waals surface area contributed by atoms with Crippen LogP contribution in [-0.2, 0) is 12.6 Å². The van der Waals surface area contributed by atoms with Crippen molar-refractivity contribution in [2.45, 2.75) is 19.5 Å². The van der Waals surface area contributed by atoms with Crippen molar-refractivity contribution in [3.05, 3.63) is 71.5 Å². The fourth-order valence-electron chi connectivity index (χ4n) is 2.50. The molecule has 1 aromatic heterocycles. The Labute approximate surface area is 147 Å². The number of alkyl halides is 3. The molecule has 0 aliphatic carbocycles. The molecule has 0 bridgehead atoms. The number of carbonyl (C=O) groups excluding carboxylic acids is 1. The van der Waals surface area contributed by atoms with Crippen LogP contribution >= 0.6 is 0 Å². The zero-order valence-corrected chi connectivity index (χ0v) is 13.8. The van der Waals surface area contributed by atoms with Crippen LogP contribution in [0.5, 0.6) is 0 Å².